The monoisotopic (exact) mass is 224 g/mol. The summed E-state index contributed by atoms with van der Waals surface area (Å²) in [5.41, 5.74) is 5.98. The maximum Gasteiger partial charge on any atom is 0.233 e. The van der Waals surface area contributed by atoms with Gasteiger partial charge in [0.15, 0.2) is 0 Å². The number of hydrogen-bond acceptors (Lipinski definition) is 5. The first-order valence-electron chi connectivity index (χ1n) is 5.52. The number of methoxy groups -OCH3 is 1. The van der Waals surface area contributed by atoms with Crippen molar-refractivity contribution in [2.45, 2.75) is 32.2 Å². The molecule has 1 rings (SSSR count). The van der Waals surface area contributed by atoms with Gasteiger partial charge < -0.3 is 15.8 Å². The van der Waals surface area contributed by atoms with Crippen LogP contribution in [-0.4, -0.2) is 29.2 Å². The molecule has 0 bridgehead atoms. The Balaban J connectivity index is 2.60. The molecule has 16 heavy (non-hydrogen) atoms. The van der Waals surface area contributed by atoms with Gasteiger partial charge >= 0.3 is 0 Å². The van der Waals surface area contributed by atoms with E-state index >= 15 is 0 Å². The fraction of sp³-hybridized carbons (Fsp3) is 0.636. The molecule has 3 N–H and O–H groups in total. The van der Waals surface area contributed by atoms with Crippen molar-refractivity contribution in [1.82, 2.24) is 9.97 Å². The van der Waals surface area contributed by atoms with Crippen LogP contribution in [0.25, 0.3) is 0 Å². The van der Waals surface area contributed by atoms with Crippen molar-refractivity contribution in [2.24, 2.45) is 5.73 Å². The first kappa shape index (κ1) is 12.7. The summed E-state index contributed by atoms with van der Waals surface area (Å²) >= 11 is 0. The number of rotatable bonds is 6. The maximum atomic E-state index is 6.17. The lowest BCUT2D eigenvalue weighted by atomic mass is 9.94. The van der Waals surface area contributed by atoms with Gasteiger partial charge in [0.05, 0.1) is 19.5 Å². The van der Waals surface area contributed by atoms with Crippen LogP contribution in [0, 0.1) is 0 Å². The molecule has 5 nitrogen and oxygen atoms in total. The van der Waals surface area contributed by atoms with Crippen molar-refractivity contribution in [3.05, 3.63) is 12.4 Å². The predicted octanol–water partition coefficient (Wildman–Crippen LogP) is 1.41. The molecule has 0 saturated heterocycles. The Morgan fingerprint density at radius 1 is 1.38 bits per heavy atom. The lowest BCUT2D eigenvalue weighted by Crippen LogP contribution is -2.45. The molecule has 0 aromatic carbocycles. The van der Waals surface area contributed by atoms with E-state index in [1.165, 1.54) is 0 Å². The number of ether oxygens (including phenoxy) is 1. The third-order valence-electron chi connectivity index (χ3n) is 2.85. The second kappa shape index (κ2) is 5.65. The van der Waals surface area contributed by atoms with Crippen LogP contribution < -0.4 is 15.8 Å². The maximum absolute atomic E-state index is 6.17. The molecule has 0 spiro atoms. The lowest BCUT2D eigenvalue weighted by Gasteiger charge is -2.26. The molecule has 0 fully saturated rings. The number of nitrogens with two attached hydrogens (primary N) is 1. The molecule has 0 atom stereocenters. The van der Waals surface area contributed by atoms with E-state index in [1.54, 1.807) is 19.5 Å². The van der Waals surface area contributed by atoms with Gasteiger partial charge in [-0.05, 0) is 12.8 Å². The molecule has 0 aliphatic heterocycles. The summed E-state index contributed by atoms with van der Waals surface area (Å²) in [6.07, 6.45) is 5.08. The Morgan fingerprint density at radius 2 is 2.06 bits per heavy atom. The van der Waals surface area contributed by atoms with Crippen LogP contribution in [0.3, 0.4) is 0 Å². The Labute approximate surface area is 96.4 Å². The van der Waals surface area contributed by atoms with Crippen molar-refractivity contribution in [2.75, 3.05) is 19.0 Å². The van der Waals surface area contributed by atoms with Gasteiger partial charge in [-0.2, -0.15) is 4.98 Å². The highest BCUT2D eigenvalue weighted by atomic mass is 16.5. The average molecular weight is 224 g/mol. The first-order chi connectivity index (χ1) is 7.63. The zero-order valence-electron chi connectivity index (χ0n) is 10.2. The molecule has 0 saturated carbocycles. The zero-order chi connectivity index (χ0) is 12.0. The molecular formula is C11H20N4O. The van der Waals surface area contributed by atoms with Crippen LogP contribution in [0.15, 0.2) is 12.4 Å². The minimum Gasteiger partial charge on any atom is -0.480 e. The highest BCUT2D eigenvalue weighted by Crippen LogP contribution is 2.13. The van der Waals surface area contributed by atoms with Gasteiger partial charge in [0, 0.05) is 12.1 Å². The number of nitrogens with one attached hydrogen (secondary N) is 1. The Bertz CT molecular complexity index is 326. The fourth-order valence-electron chi connectivity index (χ4n) is 1.30. The Kier molecular flexibility index (Phi) is 4.49. The summed E-state index contributed by atoms with van der Waals surface area (Å²) in [6, 6.07) is 0. The zero-order valence-corrected chi connectivity index (χ0v) is 10.2. The number of aromatic nitrogens is 2. The van der Waals surface area contributed by atoms with E-state index in [0.717, 1.165) is 12.8 Å². The van der Waals surface area contributed by atoms with Gasteiger partial charge in [-0.1, -0.05) is 13.8 Å². The van der Waals surface area contributed by atoms with Crippen LogP contribution in [0.4, 0.5) is 5.82 Å². The van der Waals surface area contributed by atoms with Crippen LogP contribution in [0.1, 0.15) is 26.7 Å². The van der Waals surface area contributed by atoms with Crippen LogP contribution in [0.2, 0.25) is 0 Å². The van der Waals surface area contributed by atoms with Crippen molar-refractivity contribution in [3.8, 4) is 5.88 Å². The topological polar surface area (TPSA) is 73.1 Å². The molecule has 0 aliphatic rings. The van der Waals surface area contributed by atoms with Crippen molar-refractivity contribution in [3.63, 3.8) is 0 Å². The highest BCUT2D eigenvalue weighted by Gasteiger charge is 2.19. The number of nitrogens with zero attached hydrogens (tertiary/aromatic N) is 2. The Morgan fingerprint density at radius 3 is 2.62 bits per heavy atom. The molecule has 1 heterocycles. The molecule has 0 amide bonds. The van der Waals surface area contributed by atoms with Crippen LogP contribution in [0.5, 0.6) is 5.88 Å². The summed E-state index contributed by atoms with van der Waals surface area (Å²) in [5.74, 6) is 1.19. The number of hydrogen-bond donors (Lipinski definition) is 2. The summed E-state index contributed by atoms with van der Waals surface area (Å²) in [4.78, 5) is 8.23. The first-order valence-corrected chi connectivity index (χ1v) is 5.52. The van der Waals surface area contributed by atoms with E-state index in [1.807, 2.05) is 0 Å². The van der Waals surface area contributed by atoms with Crippen molar-refractivity contribution < 1.29 is 4.74 Å². The summed E-state index contributed by atoms with van der Waals surface area (Å²) in [5, 5.41) is 3.18. The SMILES string of the molecule is CCC(N)(CC)CNc1cncc(OC)n1. The third-order valence-corrected chi connectivity index (χ3v) is 2.85. The molecule has 90 valence electrons. The van der Waals surface area contributed by atoms with E-state index in [2.05, 4.69) is 29.1 Å². The van der Waals surface area contributed by atoms with E-state index in [-0.39, 0.29) is 5.54 Å². The molecular weight excluding hydrogens is 204 g/mol. The average Bonchev–Trinajstić information content (AvgIpc) is 2.36. The summed E-state index contributed by atoms with van der Waals surface area (Å²) in [6.45, 7) is 4.85. The molecule has 0 unspecified atom stereocenters. The normalized spacial score (nSPS) is 11.2. The quantitative estimate of drug-likeness (QED) is 0.764. The fourth-order valence-corrected chi connectivity index (χ4v) is 1.30. The standard InChI is InChI=1S/C11H20N4O/c1-4-11(12,5-2)8-14-9-6-13-7-10(15-9)16-3/h6-7H,4-5,8,12H2,1-3H3,(H,14,15). The van der Waals surface area contributed by atoms with Gasteiger partial charge in [-0.15, -0.1) is 0 Å². The van der Waals surface area contributed by atoms with Gasteiger partial charge in [0.1, 0.15) is 5.82 Å². The molecule has 0 radical (unpaired) electrons. The minimum atomic E-state index is -0.190. The van der Waals surface area contributed by atoms with Crippen molar-refractivity contribution in [1.29, 1.82) is 0 Å². The third kappa shape index (κ3) is 3.34. The number of anilines is 1. The molecule has 1 aromatic heterocycles. The van der Waals surface area contributed by atoms with E-state index in [4.69, 9.17) is 10.5 Å². The smallest absolute Gasteiger partial charge is 0.233 e. The minimum absolute atomic E-state index is 0.190. The Hall–Kier alpha value is -1.36. The second-order valence-corrected chi connectivity index (χ2v) is 3.87. The van der Waals surface area contributed by atoms with Crippen LogP contribution in [-0.2, 0) is 0 Å². The largest absolute Gasteiger partial charge is 0.480 e. The molecule has 5 heteroatoms. The van der Waals surface area contributed by atoms with E-state index < -0.39 is 0 Å². The van der Waals surface area contributed by atoms with Gasteiger partial charge in [0.2, 0.25) is 5.88 Å². The van der Waals surface area contributed by atoms with Gasteiger partial charge in [-0.3, -0.25) is 4.98 Å². The van der Waals surface area contributed by atoms with E-state index in [9.17, 15) is 0 Å². The van der Waals surface area contributed by atoms with Gasteiger partial charge in [-0.25, -0.2) is 0 Å². The molecule has 1 aromatic rings. The predicted molar refractivity (Wildman–Crippen MR) is 64.6 cm³/mol. The second-order valence-electron chi connectivity index (χ2n) is 3.87. The summed E-state index contributed by atoms with van der Waals surface area (Å²) in [7, 11) is 1.57. The summed E-state index contributed by atoms with van der Waals surface area (Å²) < 4.78 is 4.99. The van der Waals surface area contributed by atoms with E-state index in [0.29, 0.717) is 18.2 Å². The lowest BCUT2D eigenvalue weighted by molar-refractivity contribution is 0.395. The highest BCUT2D eigenvalue weighted by molar-refractivity contribution is 5.33. The van der Waals surface area contributed by atoms with Crippen LogP contribution >= 0.6 is 0 Å². The van der Waals surface area contributed by atoms with Gasteiger partial charge in [0.25, 0.3) is 0 Å². The van der Waals surface area contributed by atoms with Crippen molar-refractivity contribution >= 4 is 5.82 Å². The molecule has 0 aliphatic carbocycles.